The molecule has 2 amide bonds. The molecule has 0 bridgehead atoms. The summed E-state index contributed by atoms with van der Waals surface area (Å²) in [5.41, 5.74) is 3.76. The second kappa shape index (κ2) is 8.84. The van der Waals surface area contributed by atoms with Gasteiger partial charge >= 0.3 is 6.03 Å². The van der Waals surface area contributed by atoms with Crippen LogP contribution in [0.2, 0.25) is 0 Å². The van der Waals surface area contributed by atoms with Crippen LogP contribution in [0.1, 0.15) is 17.7 Å². The van der Waals surface area contributed by atoms with Gasteiger partial charge in [-0.05, 0) is 49.6 Å². The summed E-state index contributed by atoms with van der Waals surface area (Å²) < 4.78 is 7.01. The van der Waals surface area contributed by atoms with E-state index in [-0.39, 0.29) is 6.03 Å². The smallest absolute Gasteiger partial charge is 0.319 e. The molecule has 27 heavy (non-hydrogen) atoms. The van der Waals surface area contributed by atoms with Gasteiger partial charge in [-0.15, -0.1) is 0 Å². The molecular formula is C20H23N5O2. The second-order valence-electron chi connectivity index (χ2n) is 6.06. The van der Waals surface area contributed by atoms with Crippen LogP contribution in [-0.4, -0.2) is 34.5 Å². The summed E-state index contributed by atoms with van der Waals surface area (Å²) in [6, 6.07) is 13.2. The summed E-state index contributed by atoms with van der Waals surface area (Å²) in [6.45, 7) is 2.56. The monoisotopic (exact) mass is 365 g/mol. The molecule has 3 aromatic rings. The molecule has 0 saturated heterocycles. The Morgan fingerprint density at radius 1 is 1.19 bits per heavy atom. The first-order valence-corrected chi connectivity index (χ1v) is 8.82. The van der Waals surface area contributed by atoms with Gasteiger partial charge in [-0.2, -0.15) is 5.10 Å². The topological polar surface area (TPSA) is 81.1 Å². The molecule has 0 aliphatic heterocycles. The Kier molecular flexibility index (Phi) is 6.04. The SMILES string of the molecule is COc1ncccc1NC(=O)NCCCc1cn(-c2ccccc2)nc1C. The van der Waals surface area contributed by atoms with E-state index < -0.39 is 0 Å². The number of benzene rings is 1. The summed E-state index contributed by atoms with van der Waals surface area (Å²) in [5, 5.41) is 10.2. The van der Waals surface area contributed by atoms with Crippen molar-refractivity contribution < 1.29 is 9.53 Å². The Morgan fingerprint density at radius 2 is 2.00 bits per heavy atom. The van der Waals surface area contributed by atoms with Crippen LogP contribution in [0.3, 0.4) is 0 Å². The minimum atomic E-state index is -0.280. The van der Waals surface area contributed by atoms with Gasteiger partial charge in [0.1, 0.15) is 5.69 Å². The highest BCUT2D eigenvalue weighted by atomic mass is 16.5. The largest absolute Gasteiger partial charge is 0.480 e. The van der Waals surface area contributed by atoms with E-state index in [9.17, 15) is 4.79 Å². The van der Waals surface area contributed by atoms with E-state index >= 15 is 0 Å². The molecule has 0 aliphatic rings. The molecule has 7 heteroatoms. The fraction of sp³-hybridized carbons (Fsp3) is 0.250. The summed E-state index contributed by atoms with van der Waals surface area (Å²) in [7, 11) is 1.52. The maximum atomic E-state index is 12.0. The third kappa shape index (κ3) is 4.84. The van der Waals surface area contributed by atoms with Crippen LogP contribution in [0.4, 0.5) is 10.5 Å². The molecule has 0 atom stereocenters. The molecule has 3 rings (SSSR count). The molecule has 2 N–H and O–H groups in total. The third-order valence-electron chi connectivity index (χ3n) is 4.14. The van der Waals surface area contributed by atoms with E-state index in [2.05, 4.69) is 20.7 Å². The number of pyridine rings is 1. The van der Waals surface area contributed by atoms with Gasteiger partial charge in [0.25, 0.3) is 0 Å². The average molecular weight is 365 g/mol. The molecule has 0 radical (unpaired) electrons. The van der Waals surface area contributed by atoms with Crippen molar-refractivity contribution in [2.45, 2.75) is 19.8 Å². The van der Waals surface area contributed by atoms with Gasteiger partial charge < -0.3 is 15.4 Å². The average Bonchev–Trinajstić information content (AvgIpc) is 3.07. The zero-order valence-corrected chi connectivity index (χ0v) is 15.5. The van der Waals surface area contributed by atoms with Crippen LogP contribution < -0.4 is 15.4 Å². The lowest BCUT2D eigenvalue weighted by atomic mass is 10.1. The van der Waals surface area contributed by atoms with E-state index in [1.165, 1.54) is 12.7 Å². The lowest BCUT2D eigenvalue weighted by molar-refractivity contribution is 0.252. The van der Waals surface area contributed by atoms with Crippen LogP contribution in [0, 0.1) is 6.92 Å². The molecule has 0 spiro atoms. The molecule has 0 fully saturated rings. The Morgan fingerprint density at radius 3 is 2.78 bits per heavy atom. The minimum Gasteiger partial charge on any atom is -0.480 e. The molecule has 7 nitrogen and oxygen atoms in total. The quantitative estimate of drug-likeness (QED) is 0.629. The maximum absolute atomic E-state index is 12.0. The van der Waals surface area contributed by atoms with Crippen molar-refractivity contribution in [3.05, 3.63) is 66.1 Å². The molecule has 1 aromatic carbocycles. The molecule has 0 saturated carbocycles. The molecule has 140 valence electrons. The van der Waals surface area contributed by atoms with Gasteiger partial charge in [-0.1, -0.05) is 18.2 Å². The minimum absolute atomic E-state index is 0.280. The number of rotatable bonds is 7. The number of nitrogens with one attached hydrogen (secondary N) is 2. The van der Waals surface area contributed by atoms with Crippen molar-refractivity contribution in [2.75, 3.05) is 19.0 Å². The third-order valence-corrected chi connectivity index (χ3v) is 4.14. The fourth-order valence-corrected chi connectivity index (χ4v) is 2.75. The zero-order valence-electron chi connectivity index (χ0n) is 15.5. The van der Waals surface area contributed by atoms with Gasteiger partial charge in [0.05, 0.1) is 18.5 Å². The number of hydrogen-bond acceptors (Lipinski definition) is 4. The van der Waals surface area contributed by atoms with Gasteiger partial charge in [-0.3, -0.25) is 0 Å². The van der Waals surface area contributed by atoms with Crippen LogP contribution >= 0.6 is 0 Å². The normalized spacial score (nSPS) is 10.4. The number of hydrogen-bond donors (Lipinski definition) is 2. The number of para-hydroxylation sites is 1. The number of carbonyl (C=O) groups excluding carboxylic acids is 1. The van der Waals surface area contributed by atoms with Gasteiger partial charge in [0, 0.05) is 18.9 Å². The van der Waals surface area contributed by atoms with E-state index in [0.717, 1.165) is 24.2 Å². The van der Waals surface area contributed by atoms with Crippen molar-refractivity contribution in [1.29, 1.82) is 0 Å². The highest BCUT2D eigenvalue weighted by molar-refractivity contribution is 5.90. The number of methoxy groups -OCH3 is 1. The first-order chi connectivity index (χ1) is 13.2. The highest BCUT2D eigenvalue weighted by Gasteiger charge is 2.09. The van der Waals surface area contributed by atoms with Crippen molar-refractivity contribution in [1.82, 2.24) is 20.1 Å². The van der Waals surface area contributed by atoms with Crippen LogP contribution in [0.5, 0.6) is 5.88 Å². The number of carbonyl (C=O) groups is 1. The number of nitrogens with zero attached hydrogens (tertiary/aromatic N) is 3. The van der Waals surface area contributed by atoms with E-state index in [1.54, 1.807) is 18.3 Å². The summed E-state index contributed by atoms with van der Waals surface area (Å²) >= 11 is 0. The molecule has 2 aromatic heterocycles. The molecular weight excluding hydrogens is 342 g/mol. The Hall–Kier alpha value is -3.35. The fourth-order valence-electron chi connectivity index (χ4n) is 2.75. The van der Waals surface area contributed by atoms with E-state index in [4.69, 9.17) is 4.74 Å². The van der Waals surface area contributed by atoms with Crippen molar-refractivity contribution in [2.24, 2.45) is 0 Å². The van der Waals surface area contributed by atoms with E-state index in [0.29, 0.717) is 18.1 Å². The first-order valence-electron chi connectivity index (χ1n) is 8.82. The second-order valence-corrected chi connectivity index (χ2v) is 6.06. The maximum Gasteiger partial charge on any atom is 0.319 e. The molecule has 2 heterocycles. The van der Waals surface area contributed by atoms with Crippen LogP contribution in [-0.2, 0) is 6.42 Å². The molecule has 0 unspecified atom stereocenters. The van der Waals surface area contributed by atoms with Crippen molar-refractivity contribution >= 4 is 11.7 Å². The predicted octanol–water partition coefficient (Wildman–Crippen LogP) is 3.34. The first kappa shape index (κ1) is 18.4. The number of anilines is 1. The summed E-state index contributed by atoms with van der Waals surface area (Å²) in [6.07, 6.45) is 5.32. The predicted molar refractivity (Wildman–Crippen MR) is 104 cm³/mol. The number of amides is 2. The lowest BCUT2D eigenvalue weighted by Gasteiger charge is -2.09. The number of aromatic nitrogens is 3. The van der Waals surface area contributed by atoms with Crippen molar-refractivity contribution in [3.63, 3.8) is 0 Å². The number of aryl methyl sites for hydroxylation is 2. The summed E-state index contributed by atoms with van der Waals surface area (Å²) in [5.74, 6) is 0.386. The Labute approximate surface area is 158 Å². The van der Waals surface area contributed by atoms with Gasteiger partial charge in [0.2, 0.25) is 5.88 Å². The number of urea groups is 1. The summed E-state index contributed by atoms with van der Waals surface area (Å²) in [4.78, 5) is 16.1. The van der Waals surface area contributed by atoms with Gasteiger partial charge in [-0.25, -0.2) is 14.5 Å². The standard InChI is InChI=1S/C20H23N5O2/c1-15-16(14-25(24-15)17-9-4-3-5-10-17)8-6-13-22-20(26)23-18-11-7-12-21-19(18)27-2/h3-5,7,9-12,14H,6,8,13H2,1-2H3,(H2,22,23,26). The lowest BCUT2D eigenvalue weighted by Crippen LogP contribution is -2.30. The van der Waals surface area contributed by atoms with Crippen LogP contribution in [0.15, 0.2) is 54.9 Å². The van der Waals surface area contributed by atoms with Crippen molar-refractivity contribution in [3.8, 4) is 11.6 Å². The Balaban J connectivity index is 1.48. The molecule has 0 aliphatic carbocycles. The van der Waals surface area contributed by atoms with E-state index in [1.807, 2.05) is 48.1 Å². The zero-order chi connectivity index (χ0) is 19.1. The highest BCUT2D eigenvalue weighted by Crippen LogP contribution is 2.19. The number of ether oxygens (including phenoxy) is 1. The Bertz CT molecular complexity index is 892. The van der Waals surface area contributed by atoms with Crippen LogP contribution in [0.25, 0.3) is 5.69 Å². The van der Waals surface area contributed by atoms with Gasteiger partial charge in [0.15, 0.2) is 0 Å².